The van der Waals surface area contributed by atoms with Crippen LogP contribution in [-0.2, 0) is 11.3 Å². The summed E-state index contributed by atoms with van der Waals surface area (Å²) in [5.41, 5.74) is 1.15. The summed E-state index contributed by atoms with van der Waals surface area (Å²) < 4.78 is 5.03. The van der Waals surface area contributed by atoms with Gasteiger partial charge < -0.3 is 15.0 Å². The lowest BCUT2D eigenvalue weighted by Crippen LogP contribution is -2.32. The van der Waals surface area contributed by atoms with Crippen LogP contribution in [0.25, 0.3) is 0 Å². The summed E-state index contributed by atoms with van der Waals surface area (Å²) in [5.74, 6) is 0. The van der Waals surface area contributed by atoms with Crippen LogP contribution in [0.15, 0.2) is 0 Å². The Hall–Kier alpha value is -0.650. The van der Waals surface area contributed by atoms with E-state index in [-0.39, 0.29) is 0 Å². The smallest absolute Gasteiger partial charge is 0.186 e. The molecule has 0 aliphatic carbocycles. The van der Waals surface area contributed by atoms with Crippen LogP contribution in [-0.4, -0.2) is 37.8 Å². The molecule has 0 amide bonds. The monoisotopic (exact) mass is 285 g/mol. The van der Waals surface area contributed by atoms with Crippen LogP contribution >= 0.6 is 11.3 Å². The minimum Gasteiger partial charge on any atom is -0.383 e. The van der Waals surface area contributed by atoms with Gasteiger partial charge in [-0.05, 0) is 27.2 Å². The second-order valence-electron chi connectivity index (χ2n) is 4.72. The van der Waals surface area contributed by atoms with E-state index in [1.807, 2.05) is 0 Å². The number of hydrogen-bond acceptors (Lipinski definition) is 5. The van der Waals surface area contributed by atoms with Gasteiger partial charge in [0.1, 0.15) is 0 Å². The number of thiazole rings is 1. The quantitative estimate of drug-likeness (QED) is 0.708. The number of nitrogens with one attached hydrogen (secondary N) is 1. The van der Waals surface area contributed by atoms with E-state index < -0.39 is 0 Å². The van der Waals surface area contributed by atoms with Gasteiger partial charge in [-0.25, -0.2) is 4.98 Å². The summed E-state index contributed by atoms with van der Waals surface area (Å²) in [6.45, 7) is 12.3. The van der Waals surface area contributed by atoms with Crippen molar-refractivity contribution < 1.29 is 4.74 Å². The van der Waals surface area contributed by atoms with Crippen molar-refractivity contribution in [1.29, 1.82) is 0 Å². The fraction of sp³-hybridized carbons (Fsp3) is 0.786. The second kappa shape index (κ2) is 8.51. The van der Waals surface area contributed by atoms with Crippen molar-refractivity contribution in [1.82, 2.24) is 10.3 Å². The molecule has 5 heteroatoms. The van der Waals surface area contributed by atoms with Crippen LogP contribution in [0.5, 0.6) is 0 Å². The fourth-order valence-corrected chi connectivity index (χ4v) is 3.13. The zero-order chi connectivity index (χ0) is 14.3. The summed E-state index contributed by atoms with van der Waals surface area (Å²) in [5, 5.41) is 4.53. The molecule has 0 aromatic carbocycles. The molecule has 0 fully saturated rings. The number of rotatable bonds is 9. The Morgan fingerprint density at radius 2 is 2.16 bits per heavy atom. The highest BCUT2D eigenvalue weighted by atomic mass is 32.1. The first-order chi connectivity index (χ1) is 9.13. The predicted molar refractivity (Wildman–Crippen MR) is 83.2 cm³/mol. The standard InChI is InChI=1S/C14H27N3OS/c1-6-11(3)17(7-2)14-16-12(4)13(19-14)10-15-8-9-18-5/h11,15H,6-10H2,1-5H3. The highest BCUT2D eigenvalue weighted by Crippen LogP contribution is 2.27. The zero-order valence-corrected chi connectivity index (χ0v) is 13.6. The average Bonchev–Trinajstić information content (AvgIpc) is 2.76. The zero-order valence-electron chi connectivity index (χ0n) is 12.8. The lowest BCUT2D eigenvalue weighted by atomic mass is 10.2. The number of hydrogen-bond donors (Lipinski definition) is 1. The maximum atomic E-state index is 5.03. The van der Waals surface area contributed by atoms with Crippen molar-refractivity contribution in [3.8, 4) is 0 Å². The molecular formula is C14H27N3OS. The maximum absolute atomic E-state index is 5.03. The molecular weight excluding hydrogens is 258 g/mol. The molecule has 0 spiro atoms. The second-order valence-corrected chi connectivity index (χ2v) is 5.78. The van der Waals surface area contributed by atoms with E-state index in [0.717, 1.165) is 43.5 Å². The first-order valence-corrected chi connectivity index (χ1v) is 7.88. The van der Waals surface area contributed by atoms with Crippen LogP contribution in [0.4, 0.5) is 5.13 Å². The predicted octanol–water partition coefficient (Wildman–Crippen LogP) is 2.81. The van der Waals surface area contributed by atoms with Crippen molar-refractivity contribution in [2.45, 2.75) is 46.7 Å². The normalized spacial score (nSPS) is 12.7. The molecule has 1 rings (SSSR count). The van der Waals surface area contributed by atoms with Gasteiger partial charge >= 0.3 is 0 Å². The van der Waals surface area contributed by atoms with Crippen molar-refractivity contribution >= 4 is 16.5 Å². The summed E-state index contributed by atoms with van der Waals surface area (Å²) in [7, 11) is 1.73. The van der Waals surface area contributed by atoms with Gasteiger partial charge in [0.25, 0.3) is 0 Å². The molecule has 0 saturated carbocycles. The van der Waals surface area contributed by atoms with Gasteiger partial charge in [0.15, 0.2) is 5.13 Å². The van der Waals surface area contributed by atoms with Crippen LogP contribution in [0.3, 0.4) is 0 Å². The van der Waals surface area contributed by atoms with E-state index in [0.29, 0.717) is 6.04 Å². The average molecular weight is 285 g/mol. The molecule has 0 bridgehead atoms. The van der Waals surface area contributed by atoms with E-state index in [1.54, 1.807) is 18.4 Å². The summed E-state index contributed by atoms with van der Waals surface area (Å²) in [6.07, 6.45) is 1.15. The number of aryl methyl sites for hydroxylation is 1. The molecule has 0 aliphatic heterocycles. The van der Waals surface area contributed by atoms with Crippen LogP contribution < -0.4 is 10.2 Å². The Morgan fingerprint density at radius 1 is 1.42 bits per heavy atom. The number of methoxy groups -OCH3 is 1. The first-order valence-electron chi connectivity index (χ1n) is 7.06. The number of anilines is 1. The minimum absolute atomic E-state index is 0.546. The van der Waals surface area contributed by atoms with Gasteiger partial charge in [-0.2, -0.15) is 0 Å². The first kappa shape index (κ1) is 16.4. The third-order valence-electron chi connectivity index (χ3n) is 3.36. The van der Waals surface area contributed by atoms with Crippen LogP contribution in [0, 0.1) is 6.92 Å². The van der Waals surface area contributed by atoms with Crippen molar-refractivity contribution in [2.75, 3.05) is 31.7 Å². The molecule has 1 unspecified atom stereocenters. The van der Waals surface area contributed by atoms with Crippen molar-refractivity contribution in [3.63, 3.8) is 0 Å². The van der Waals surface area contributed by atoms with E-state index in [4.69, 9.17) is 9.72 Å². The van der Waals surface area contributed by atoms with Gasteiger partial charge in [0.05, 0.1) is 12.3 Å². The van der Waals surface area contributed by atoms with Crippen molar-refractivity contribution in [3.05, 3.63) is 10.6 Å². The largest absolute Gasteiger partial charge is 0.383 e. The molecule has 1 aromatic rings. The molecule has 4 nitrogen and oxygen atoms in total. The lowest BCUT2D eigenvalue weighted by Gasteiger charge is -2.26. The van der Waals surface area contributed by atoms with Crippen LogP contribution in [0.1, 0.15) is 37.8 Å². The molecule has 0 saturated heterocycles. The highest BCUT2D eigenvalue weighted by molar-refractivity contribution is 7.15. The van der Waals surface area contributed by atoms with E-state index >= 15 is 0 Å². The van der Waals surface area contributed by atoms with Gasteiger partial charge in [0, 0.05) is 37.7 Å². The van der Waals surface area contributed by atoms with Gasteiger partial charge in [-0.3, -0.25) is 0 Å². The maximum Gasteiger partial charge on any atom is 0.186 e. The van der Waals surface area contributed by atoms with Crippen LogP contribution in [0.2, 0.25) is 0 Å². The molecule has 1 aromatic heterocycles. The van der Waals surface area contributed by atoms with Gasteiger partial charge in [-0.15, -0.1) is 11.3 Å². The van der Waals surface area contributed by atoms with E-state index in [9.17, 15) is 0 Å². The Balaban J connectivity index is 2.66. The summed E-state index contributed by atoms with van der Waals surface area (Å²) in [4.78, 5) is 8.43. The number of nitrogens with zero attached hydrogens (tertiary/aromatic N) is 2. The molecule has 110 valence electrons. The minimum atomic E-state index is 0.546. The third kappa shape index (κ3) is 4.75. The summed E-state index contributed by atoms with van der Waals surface area (Å²) in [6, 6.07) is 0.546. The number of ether oxygens (including phenoxy) is 1. The summed E-state index contributed by atoms with van der Waals surface area (Å²) >= 11 is 1.81. The van der Waals surface area contributed by atoms with Crippen molar-refractivity contribution in [2.24, 2.45) is 0 Å². The fourth-order valence-electron chi connectivity index (χ4n) is 1.93. The molecule has 1 heterocycles. The lowest BCUT2D eigenvalue weighted by molar-refractivity contribution is 0.199. The molecule has 1 N–H and O–H groups in total. The van der Waals surface area contributed by atoms with E-state index in [2.05, 4.69) is 37.9 Å². The topological polar surface area (TPSA) is 37.4 Å². The Bertz CT molecular complexity index is 368. The Kier molecular flexibility index (Phi) is 7.34. The third-order valence-corrected chi connectivity index (χ3v) is 4.55. The molecule has 0 aliphatic rings. The SMILES string of the molecule is CCC(C)N(CC)c1nc(C)c(CNCCOC)s1. The van der Waals surface area contributed by atoms with E-state index in [1.165, 1.54) is 4.88 Å². The van der Waals surface area contributed by atoms with Gasteiger partial charge in [0.2, 0.25) is 0 Å². The Morgan fingerprint density at radius 3 is 2.74 bits per heavy atom. The van der Waals surface area contributed by atoms with Gasteiger partial charge in [-0.1, -0.05) is 6.92 Å². The molecule has 1 atom stereocenters. The number of aromatic nitrogens is 1. The molecule has 19 heavy (non-hydrogen) atoms. The highest BCUT2D eigenvalue weighted by Gasteiger charge is 2.16. The Labute approximate surface area is 121 Å². The molecule has 0 radical (unpaired) electrons.